The van der Waals surface area contributed by atoms with Crippen LogP contribution in [0.2, 0.25) is 0 Å². The number of methoxy groups -OCH3 is 1. The molecule has 0 aliphatic carbocycles. The second kappa shape index (κ2) is 10.9. The Balaban J connectivity index is 1.80. The summed E-state index contributed by atoms with van der Waals surface area (Å²) in [7, 11) is 3.08. The molecule has 0 aliphatic rings. The van der Waals surface area contributed by atoms with E-state index in [1.807, 2.05) is 13.0 Å². The number of nitrogens with one attached hydrogen (secondary N) is 3. The van der Waals surface area contributed by atoms with E-state index in [0.717, 1.165) is 12.1 Å². The third kappa shape index (κ3) is 6.57. The predicted molar refractivity (Wildman–Crippen MR) is 107 cm³/mol. The number of rotatable bonds is 8. The first kappa shape index (κ1) is 22.9. The first-order valence-corrected chi connectivity index (χ1v) is 9.02. The highest BCUT2D eigenvalue weighted by Crippen LogP contribution is 2.20. The lowest BCUT2D eigenvalue weighted by atomic mass is 10.2. The Kier molecular flexibility index (Phi) is 8.33. The molecule has 162 valence electrons. The quantitative estimate of drug-likeness (QED) is 0.345. The Labute approximate surface area is 172 Å². The molecule has 0 spiro atoms. The molecule has 1 atom stereocenters. The fraction of sp³-hybridized carbons (Fsp3) is 0.300. The lowest BCUT2D eigenvalue weighted by Crippen LogP contribution is -2.44. The third-order valence-corrected chi connectivity index (χ3v) is 3.88. The molecule has 30 heavy (non-hydrogen) atoms. The summed E-state index contributed by atoms with van der Waals surface area (Å²) in [6.07, 6.45) is -0.235. The summed E-state index contributed by atoms with van der Waals surface area (Å²) in [5.74, 6) is -3.50. The molecule has 10 heteroatoms. The summed E-state index contributed by atoms with van der Waals surface area (Å²) in [6, 6.07) is 8.84. The molecule has 1 amide bonds. The average Bonchev–Trinajstić information content (AvgIpc) is 2.74. The third-order valence-electron chi connectivity index (χ3n) is 3.88. The first-order chi connectivity index (χ1) is 14.3. The molecular weight excluding hydrogens is 401 g/mol. The van der Waals surface area contributed by atoms with Gasteiger partial charge in [0, 0.05) is 13.1 Å². The minimum absolute atomic E-state index is 0.235. The highest BCUT2D eigenvalue weighted by Gasteiger charge is 2.15. The Morgan fingerprint density at radius 2 is 1.83 bits per heavy atom. The first-order valence-electron chi connectivity index (χ1n) is 9.02. The molecule has 0 saturated heterocycles. The molecule has 0 radical (unpaired) electrons. The summed E-state index contributed by atoms with van der Waals surface area (Å²) < 4.78 is 50.7. The van der Waals surface area contributed by atoms with Gasteiger partial charge in [-0.1, -0.05) is 6.07 Å². The Morgan fingerprint density at radius 3 is 2.53 bits per heavy atom. The Bertz CT molecular complexity index is 909. The zero-order valence-corrected chi connectivity index (χ0v) is 16.8. The van der Waals surface area contributed by atoms with Crippen LogP contribution in [0.1, 0.15) is 6.92 Å². The van der Waals surface area contributed by atoms with Gasteiger partial charge < -0.3 is 25.4 Å². The van der Waals surface area contributed by atoms with Gasteiger partial charge in [-0.3, -0.25) is 9.79 Å². The summed E-state index contributed by atoms with van der Waals surface area (Å²) in [5.41, 5.74) is -0.455. The van der Waals surface area contributed by atoms with Crippen molar-refractivity contribution in [3.8, 4) is 11.5 Å². The Hall–Kier alpha value is -3.43. The summed E-state index contributed by atoms with van der Waals surface area (Å²) in [5, 5.41) is 7.88. The fourth-order valence-corrected chi connectivity index (χ4v) is 2.39. The van der Waals surface area contributed by atoms with Gasteiger partial charge in [-0.2, -0.15) is 0 Å². The molecule has 0 fully saturated rings. The molecule has 0 saturated carbocycles. The molecule has 2 aromatic carbocycles. The van der Waals surface area contributed by atoms with Gasteiger partial charge in [-0.15, -0.1) is 0 Å². The average molecular weight is 424 g/mol. The van der Waals surface area contributed by atoms with Crippen LogP contribution >= 0.6 is 0 Å². The lowest BCUT2D eigenvalue weighted by Gasteiger charge is -2.18. The Morgan fingerprint density at radius 1 is 1.10 bits per heavy atom. The minimum atomic E-state index is -1.65. The number of carbonyl (C=O) groups excluding carboxylic acids is 1. The highest BCUT2D eigenvalue weighted by atomic mass is 19.2. The van der Waals surface area contributed by atoms with Crippen molar-refractivity contribution in [2.75, 3.05) is 32.6 Å². The van der Waals surface area contributed by atoms with Crippen molar-refractivity contribution in [3.05, 3.63) is 53.8 Å². The number of halogens is 3. The van der Waals surface area contributed by atoms with Crippen molar-refractivity contribution in [2.24, 2.45) is 4.99 Å². The summed E-state index contributed by atoms with van der Waals surface area (Å²) in [4.78, 5) is 15.9. The van der Waals surface area contributed by atoms with E-state index in [1.54, 1.807) is 25.3 Å². The van der Waals surface area contributed by atoms with E-state index >= 15 is 0 Å². The number of aliphatic imine (C=N–C) groups is 1. The smallest absolute Gasteiger partial charge is 0.243 e. The van der Waals surface area contributed by atoms with Gasteiger partial charge in [-0.25, -0.2) is 13.2 Å². The number of nitrogens with zero attached hydrogens (tertiary/aromatic N) is 1. The molecule has 1 unspecified atom stereocenters. The van der Waals surface area contributed by atoms with E-state index in [1.165, 1.54) is 7.05 Å². The number of amides is 1. The van der Waals surface area contributed by atoms with Crippen LogP contribution in [0.3, 0.4) is 0 Å². The van der Waals surface area contributed by atoms with Crippen molar-refractivity contribution in [1.29, 1.82) is 0 Å². The number of guanidine groups is 1. The number of anilines is 1. The van der Waals surface area contributed by atoms with Gasteiger partial charge in [0.05, 0.1) is 25.9 Å². The predicted octanol–water partition coefficient (Wildman–Crippen LogP) is 2.68. The van der Waals surface area contributed by atoms with E-state index in [-0.39, 0.29) is 12.6 Å². The molecule has 3 N–H and O–H groups in total. The molecule has 0 heterocycles. The van der Waals surface area contributed by atoms with Crippen molar-refractivity contribution in [3.63, 3.8) is 0 Å². The van der Waals surface area contributed by atoms with Crippen molar-refractivity contribution in [2.45, 2.75) is 13.0 Å². The lowest BCUT2D eigenvalue weighted by molar-refractivity contribution is -0.115. The standard InChI is InChI=1S/C20H23F3N4O3/c1-12(30-14-6-4-5-13(9-14)29-3)10-25-20(24-2)26-11-17(28)27-16-8-7-15(21)18(22)19(16)23/h4-9,12H,10-11H2,1-3H3,(H,27,28)(H2,24,25,26). The van der Waals surface area contributed by atoms with E-state index < -0.39 is 29.0 Å². The highest BCUT2D eigenvalue weighted by molar-refractivity contribution is 5.95. The molecule has 0 bridgehead atoms. The summed E-state index contributed by atoms with van der Waals surface area (Å²) >= 11 is 0. The van der Waals surface area contributed by atoms with Crippen LogP contribution in [0.25, 0.3) is 0 Å². The van der Waals surface area contributed by atoms with Crippen LogP contribution in [0, 0.1) is 17.5 Å². The molecule has 0 aromatic heterocycles. The van der Waals surface area contributed by atoms with Crippen molar-refractivity contribution in [1.82, 2.24) is 10.6 Å². The number of hydrogen-bond acceptors (Lipinski definition) is 4. The molecule has 2 rings (SSSR count). The van der Waals surface area contributed by atoms with Crippen LogP contribution in [0.5, 0.6) is 11.5 Å². The van der Waals surface area contributed by atoms with Crippen LogP contribution in [0.15, 0.2) is 41.4 Å². The van der Waals surface area contributed by atoms with Crippen LogP contribution in [0.4, 0.5) is 18.9 Å². The van der Waals surface area contributed by atoms with Gasteiger partial charge in [0.15, 0.2) is 23.4 Å². The van der Waals surface area contributed by atoms with Crippen LogP contribution < -0.4 is 25.4 Å². The van der Waals surface area contributed by atoms with Gasteiger partial charge >= 0.3 is 0 Å². The van der Waals surface area contributed by atoms with Gasteiger partial charge in [-0.05, 0) is 31.2 Å². The number of carbonyl (C=O) groups is 1. The van der Waals surface area contributed by atoms with Crippen molar-refractivity contribution < 1.29 is 27.4 Å². The maximum Gasteiger partial charge on any atom is 0.243 e. The van der Waals surface area contributed by atoms with Gasteiger partial charge in [0.1, 0.15) is 17.6 Å². The minimum Gasteiger partial charge on any atom is -0.497 e. The van der Waals surface area contributed by atoms with E-state index in [4.69, 9.17) is 9.47 Å². The monoisotopic (exact) mass is 424 g/mol. The van der Waals surface area contributed by atoms with Crippen LogP contribution in [-0.2, 0) is 4.79 Å². The van der Waals surface area contributed by atoms with E-state index in [0.29, 0.717) is 24.0 Å². The normalized spacial score (nSPS) is 12.1. The maximum absolute atomic E-state index is 13.6. The largest absolute Gasteiger partial charge is 0.497 e. The number of benzene rings is 2. The maximum atomic E-state index is 13.6. The molecule has 0 aliphatic heterocycles. The SMILES string of the molecule is CN=C(NCC(=O)Nc1ccc(F)c(F)c1F)NCC(C)Oc1cccc(OC)c1. The van der Waals surface area contributed by atoms with Gasteiger partial charge in [0.2, 0.25) is 5.91 Å². The van der Waals surface area contributed by atoms with E-state index in [2.05, 4.69) is 20.9 Å². The number of hydrogen-bond donors (Lipinski definition) is 3. The second-order valence-electron chi connectivity index (χ2n) is 6.19. The zero-order chi connectivity index (χ0) is 22.1. The number of ether oxygens (including phenoxy) is 2. The zero-order valence-electron chi connectivity index (χ0n) is 16.8. The molecule has 2 aromatic rings. The van der Waals surface area contributed by atoms with Gasteiger partial charge in [0.25, 0.3) is 0 Å². The molecule has 7 nitrogen and oxygen atoms in total. The summed E-state index contributed by atoms with van der Waals surface area (Å²) in [6.45, 7) is 1.94. The van der Waals surface area contributed by atoms with Crippen LogP contribution in [-0.4, -0.2) is 45.2 Å². The topological polar surface area (TPSA) is 84.0 Å². The molecular formula is C20H23F3N4O3. The second-order valence-corrected chi connectivity index (χ2v) is 6.19. The van der Waals surface area contributed by atoms with Crippen molar-refractivity contribution >= 4 is 17.6 Å². The van der Waals surface area contributed by atoms with E-state index in [9.17, 15) is 18.0 Å². The fourth-order valence-electron chi connectivity index (χ4n) is 2.39.